The first-order valence-corrected chi connectivity index (χ1v) is 12.0. The highest BCUT2D eigenvalue weighted by molar-refractivity contribution is 5.94. The van der Waals surface area contributed by atoms with Gasteiger partial charge in [-0.3, -0.25) is 4.79 Å². The van der Waals surface area contributed by atoms with Crippen LogP contribution in [0.1, 0.15) is 77.2 Å². The van der Waals surface area contributed by atoms with Crippen molar-refractivity contribution in [1.82, 2.24) is 15.2 Å². The number of pyridine rings is 1. The van der Waals surface area contributed by atoms with Crippen molar-refractivity contribution >= 4 is 12.0 Å². The summed E-state index contributed by atoms with van der Waals surface area (Å²) in [5, 5.41) is 2.83. The topological polar surface area (TPSA) is 80.8 Å². The van der Waals surface area contributed by atoms with Gasteiger partial charge in [-0.25, -0.2) is 9.78 Å². The molecule has 0 aliphatic heterocycles. The standard InChI is InChI=1S/C27H39N3O4/c1-8-27(6,7)34-26(32)30(16-15-19(2)3)18-21-9-12-23(13-10-21)33-24-14-11-22(17-28-24)25(31)29-20(4)5/h9-14,17,19-20H,8,15-16,18H2,1-7H3,(H,29,31). The molecule has 0 aliphatic carbocycles. The van der Waals surface area contributed by atoms with Gasteiger partial charge in [0.1, 0.15) is 11.4 Å². The van der Waals surface area contributed by atoms with Crippen LogP contribution in [-0.2, 0) is 11.3 Å². The maximum absolute atomic E-state index is 12.8. The molecule has 186 valence electrons. The Bertz CT molecular complexity index is 922. The molecule has 1 aromatic heterocycles. The van der Waals surface area contributed by atoms with Crippen molar-refractivity contribution in [2.24, 2.45) is 5.92 Å². The van der Waals surface area contributed by atoms with Crippen molar-refractivity contribution in [1.29, 1.82) is 0 Å². The van der Waals surface area contributed by atoms with Gasteiger partial charge >= 0.3 is 6.09 Å². The molecular formula is C27H39N3O4. The van der Waals surface area contributed by atoms with Crippen molar-refractivity contribution in [3.05, 3.63) is 53.7 Å². The Hall–Kier alpha value is -3.09. The second kappa shape index (κ2) is 12.4. The largest absolute Gasteiger partial charge is 0.443 e. The van der Waals surface area contributed by atoms with E-state index in [0.29, 0.717) is 36.2 Å². The number of nitrogens with zero attached hydrogens (tertiary/aromatic N) is 2. The number of amides is 2. The minimum Gasteiger partial charge on any atom is -0.443 e. The Labute approximate surface area is 203 Å². The van der Waals surface area contributed by atoms with E-state index < -0.39 is 5.60 Å². The van der Waals surface area contributed by atoms with E-state index in [2.05, 4.69) is 24.1 Å². The Balaban J connectivity index is 2.03. The number of rotatable bonds is 11. The van der Waals surface area contributed by atoms with Crippen LogP contribution in [0.25, 0.3) is 0 Å². The number of benzene rings is 1. The van der Waals surface area contributed by atoms with E-state index in [9.17, 15) is 9.59 Å². The minimum absolute atomic E-state index is 0.0585. The van der Waals surface area contributed by atoms with Gasteiger partial charge in [0, 0.05) is 31.4 Å². The fourth-order valence-electron chi connectivity index (χ4n) is 2.95. The van der Waals surface area contributed by atoms with Crippen LogP contribution in [0.2, 0.25) is 0 Å². The lowest BCUT2D eigenvalue weighted by Crippen LogP contribution is -2.38. The van der Waals surface area contributed by atoms with Crippen molar-refractivity contribution < 1.29 is 19.1 Å². The molecule has 1 aromatic carbocycles. The average molecular weight is 470 g/mol. The maximum atomic E-state index is 12.8. The molecule has 0 saturated carbocycles. The highest BCUT2D eigenvalue weighted by atomic mass is 16.6. The zero-order valence-corrected chi connectivity index (χ0v) is 21.6. The number of carbonyl (C=O) groups excluding carboxylic acids is 2. The zero-order valence-electron chi connectivity index (χ0n) is 21.6. The average Bonchev–Trinajstić information content (AvgIpc) is 2.77. The van der Waals surface area contributed by atoms with Crippen LogP contribution in [0.4, 0.5) is 4.79 Å². The number of aromatic nitrogens is 1. The summed E-state index contributed by atoms with van der Waals surface area (Å²) < 4.78 is 11.5. The Morgan fingerprint density at radius 2 is 1.74 bits per heavy atom. The summed E-state index contributed by atoms with van der Waals surface area (Å²) in [5.41, 5.74) is 0.968. The molecule has 0 radical (unpaired) electrons. The van der Waals surface area contributed by atoms with Gasteiger partial charge in [0.05, 0.1) is 5.56 Å². The van der Waals surface area contributed by atoms with Gasteiger partial charge in [-0.2, -0.15) is 0 Å². The van der Waals surface area contributed by atoms with Gasteiger partial charge < -0.3 is 19.7 Å². The van der Waals surface area contributed by atoms with Crippen LogP contribution < -0.4 is 10.1 Å². The molecule has 0 aliphatic rings. The van der Waals surface area contributed by atoms with Crippen LogP contribution in [0.5, 0.6) is 11.6 Å². The summed E-state index contributed by atoms with van der Waals surface area (Å²) in [6, 6.07) is 11.0. The van der Waals surface area contributed by atoms with Crippen LogP contribution in [-0.4, -0.2) is 40.1 Å². The fourth-order valence-corrected chi connectivity index (χ4v) is 2.95. The number of carbonyl (C=O) groups is 2. The van der Waals surface area contributed by atoms with Crippen LogP contribution in [0.15, 0.2) is 42.6 Å². The number of hydrogen-bond acceptors (Lipinski definition) is 5. The molecule has 0 fully saturated rings. The van der Waals surface area contributed by atoms with Gasteiger partial charge in [0.2, 0.25) is 5.88 Å². The first-order valence-electron chi connectivity index (χ1n) is 12.0. The minimum atomic E-state index is -0.497. The maximum Gasteiger partial charge on any atom is 0.410 e. The van der Waals surface area contributed by atoms with Crippen molar-refractivity contribution in [2.45, 2.75) is 79.5 Å². The predicted molar refractivity (Wildman–Crippen MR) is 134 cm³/mol. The molecule has 7 nitrogen and oxygen atoms in total. The van der Waals surface area contributed by atoms with Crippen molar-refractivity contribution in [3.8, 4) is 11.6 Å². The quantitative estimate of drug-likeness (QED) is 0.425. The lowest BCUT2D eigenvalue weighted by atomic mass is 10.1. The zero-order chi connectivity index (χ0) is 25.3. The molecule has 1 heterocycles. The normalized spacial score (nSPS) is 11.4. The van der Waals surface area contributed by atoms with Crippen LogP contribution >= 0.6 is 0 Å². The van der Waals surface area contributed by atoms with Gasteiger partial charge in [-0.1, -0.05) is 32.9 Å². The summed E-state index contributed by atoms with van der Waals surface area (Å²) in [5.74, 6) is 1.35. The van der Waals surface area contributed by atoms with E-state index in [0.717, 1.165) is 18.4 Å². The first-order chi connectivity index (χ1) is 16.0. The Morgan fingerprint density at radius 1 is 1.06 bits per heavy atom. The molecule has 0 bridgehead atoms. The number of hydrogen-bond donors (Lipinski definition) is 1. The summed E-state index contributed by atoms with van der Waals surface area (Å²) in [6.07, 6.45) is 2.86. The second-order valence-electron chi connectivity index (χ2n) is 9.84. The van der Waals surface area contributed by atoms with E-state index in [1.54, 1.807) is 17.0 Å². The summed E-state index contributed by atoms with van der Waals surface area (Å²) in [7, 11) is 0. The molecule has 2 rings (SSSR count). The third kappa shape index (κ3) is 9.04. The molecule has 0 spiro atoms. The lowest BCUT2D eigenvalue weighted by Gasteiger charge is -2.29. The Morgan fingerprint density at radius 3 is 2.26 bits per heavy atom. The van der Waals surface area contributed by atoms with Gasteiger partial charge in [-0.05, 0) is 70.2 Å². The van der Waals surface area contributed by atoms with Crippen molar-refractivity contribution in [3.63, 3.8) is 0 Å². The first kappa shape index (κ1) is 27.2. The van der Waals surface area contributed by atoms with Crippen LogP contribution in [0, 0.1) is 5.92 Å². The third-order valence-corrected chi connectivity index (χ3v) is 5.39. The summed E-state index contributed by atoms with van der Waals surface area (Å²) in [4.78, 5) is 30.9. The van der Waals surface area contributed by atoms with E-state index in [-0.39, 0.29) is 18.0 Å². The highest BCUT2D eigenvalue weighted by Gasteiger charge is 2.25. The second-order valence-corrected chi connectivity index (χ2v) is 9.84. The number of nitrogens with one attached hydrogen (secondary N) is 1. The molecule has 34 heavy (non-hydrogen) atoms. The molecular weight excluding hydrogens is 430 g/mol. The van der Waals surface area contributed by atoms with Gasteiger partial charge in [-0.15, -0.1) is 0 Å². The summed E-state index contributed by atoms with van der Waals surface area (Å²) >= 11 is 0. The van der Waals surface area contributed by atoms with E-state index in [4.69, 9.17) is 9.47 Å². The predicted octanol–water partition coefficient (Wildman–Crippen LogP) is 6.19. The Kier molecular flexibility index (Phi) is 9.90. The summed E-state index contributed by atoms with van der Waals surface area (Å²) in [6.45, 7) is 15.1. The van der Waals surface area contributed by atoms with E-state index in [1.165, 1.54) is 6.20 Å². The highest BCUT2D eigenvalue weighted by Crippen LogP contribution is 2.22. The van der Waals surface area contributed by atoms with Crippen LogP contribution in [0.3, 0.4) is 0 Å². The van der Waals surface area contributed by atoms with Gasteiger partial charge in [0.25, 0.3) is 5.91 Å². The molecule has 2 amide bonds. The third-order valence-electron chi connectivity index (χ3n) is 5.39. The van der Waals surface area contributed by atoms with E-state index in [1.807, 2.05) is 58.9 Å². The van der Waals surface area contributed by atoms with Crippen molar-refractivity contribution in [2.75, 3.05) is 6.54 Å². The molecule has 0 saturated heterocycles. The SMILES string of the molecule is CCC(C)(C)OC(=O)N(CCC(C)C)Cc1ccc(Oc2ccc(C(=O)NC(C)C)cn2)cc1. The molecule has 0 unspecified atom stereocenters. The van der Waals surface area contributed by atoms with Gasteiger partial charge in [0.15, 0.2) is 0 Å². The van der Waals surface area contributed by atoms with E-state index >= 15 is 0 Å². The smallest absolute Gasteiger partial charge is 0.410 e. The molecule has 7 heteroatoms. The lowest BCUT2D eigenvalue weighted by molar-refractivity contribution is 0.00923. The molecule has 0 atom stereocenters. The number of ether oxygens (including phenoxy) is 2. The monoisotopic (exact) mass is 469 g/mol. The fraction of sp³-hybridized carbons (Fsp3) is 0.519. The molecule has 2 aromatic rings. The molecule has 1 N–H and O–H groups in total.